The molecule has 1 aliphatic rings. The Morgan fingerprint density at radius 2 is 2.18 bits per heavy atom. The summed E-state index contributed by atoms with van der Waals surface area (Å²) in [5.41, 5.74) is 0.547. The molecule has 4 heteroatoms. The molecule has 1 aromatic rings. The van der Waals surface area contributed by atoms with E-state index >= 15 is 0 Å². The summed E-state index contributed by atoms with van der Waals surface area (Å²) >= 11 is 0. The van der Waals surface area contributed by atoms with Crippen LogP contribution in [0.2, 0.25) is 0 Å². The molecule has 0 aliphatic heterocycles. The molecule has 0 bridgehead atoms. The minimum Gasteiger partial charge on any atom is -0.487 e. The SMILES string of the molecule is C[C@H](O)c1ccc(F)cc1OC1CCCC1O. The summed E-state index contributed by atoms with van der Waals surface area (Å²) < 4.78 is 18.8. The van der Waals surface area contributed by atoms with Gasteiger partial charge in [0.25, 0.3) is 0 Å². The molecular weight excluding hydrogens is 223 g/mol. The molecule has 1 aliphatic carbocycles. The summed E-state index contributed by atoms with van der Waals surface area (Å²) in [4.78, 5) is 0. The highest BCUT2D eigenvalue weighted by Gasteiger charge is 2.28. The van der Waals surface area contributed by atoms with Crippen LogP contribution in [0.3, 0.4) is 0 Å². The fraction of sp³-hybridized carbons (Fsp3) is 0.538. The lowest BCUT2D eigenvalue weighted by Crippen LogP contribution is -2.26. The van der Waals surface area contributed by atoms with E-state index in [1.165, 1.54) is 18.2 Å². The van der Waals surface area contributed by atoms with Crippen LogP contribution in [0.1, 0.15) is 37.9 Å². The van der Waals surface area contributed by atoms with Crippen molar-refractivity contribution in [3.63, 3.8) is 0 Å². The maximum Gasteiger partial charge on any atom is 0.128 e. The first-order valence-corrected chi connectivity index (χ1v) is 5.90. The van der Waals surface area contributed by atoms with Crippen molar-refractivity contribution in [3.8, 4) is 5.75 Å². The van der Waals surface area contributed by atoms with Crippen LogP contribution in [0.15, 0.2) is 18.2 Å². The molecule has 0 heterocycles. The Hall–Kier alpha value is -1.13. The van der Waals surface area contributed by atoms with Gasteiger partial charge in [-0.15, -0.1) is 0 Å². The lowest BCUT2D eigenvalue weighted by molar-refractivity contribution is 0.0575. The van der Waals surface area contributed by atoms with Gasteiger partial charge in [0.2, 0.25) is 0 Å². The third kappa shape index (κ3) is 2.76. The molecule has 2 unspecified atom stereocenters. The highest BCUT2D eigenvalue weighted by molar-refractivity contribution is 5.35. The maximum atomic E-state index is 13.2. The number of benzene rings is 1. The molecule has 2 N–H and O–H groups in total. The third-order valence-electron chi connectivity index (χ3n) is 3.12. The number of ether oxygens (including phenoxy) is 1. The zero-order chi connectivity index (χ0) is 12.4. The molecule has 0 saturated heterocycles. The minimum absolute atomic E-state index is 0.297. The predicted molar refractivity (Wildman–Crippen MR) is 61.3 cm³/mol. The van der Waals surface area contributed by atoms with Crippen molar-refractivity contribution >= 4 is 0 Å². The van der Waals surface area contributed by atoms with Crippen LogP contribution < -0.4 is 4.74 Å². The van der Waals surface area contributed by atoms with E-state index in [-0.39, 0.29) is 6.10 Å². The normalized spacial score (nSPS) is 25.9. The van der Waals surface area contributed by atoms with Gasteiger partial charge < -0.3 is 14.9 Å². The van der Waals surface area contributed by atoms with Crippen LogP contribution in [-0.4, -0.2) is 22.4 Å². The number of halogens is 1. The Kier molecular flexibility index (Phi) is 3.64. The second-order valence-electron chi connectivity index (χ2n) is 4.51. The van der Waals surface area contributed by atoms with E-state index in [4.69, 9.17) is 4.74 Å². The van der Waals surface area contributed by atoms with Gasteiger partial charge in [-0.1, -0.05) is 0 Å². The Morgan fingerprint density at radius 3 is 2.76 bits per heavy atom. The molecule has 3 nitrogen and oxygen atoms in total. The Morgan fingerprint density at radius 1 is 1.41 bits per heavy atom. The first-order valence-electron chi connectivity index (χ1n) is 5.90. The van der Waals surface area contributed by atoms with Crippen molar-refractivity contribution in [1.29, 1.82) is 0 Å². The van der Waals surface area contributed by atoms with Crippen LogP contribution >= 0.6 is 0 Å². The van der Waals surface area contributed by atoms with E-state index in [0.29, 0.717) is 17.7 Å². The molecule has 0 radical (unpaired) electrons. The van der Waals surface area contributed by atoms with Crippen LogP contribution in [0, 0.1) is 5.82 Å². The van der Waals surface area contributed by atoms with Gasteiger partial charge in [0.05, 0.1) is 12.2 Å². The zero-order valence-corrected chi connectivity index (χ0v) is 9.77. The minimum atomic E-state index is -0.718. The largest absolute Gasteiger partial charge is 0.487 e. The number of hydrogen-bond acceptors (Lipinski definition) is 3. The Bertz CT molecular complexity index is 392. The highest BCUT2D eigenvalue weighted by Crippen LogP contribution is 2.30. The standard InChI is InChI=1S/C13H17FO3/c1-8(15)10-6-5-9(14)7-13(10)17-12-4-2-3-11(12)16/h5-8,11-12,15-16H,2-4H2,1H3/t8-,11?,12?/m0/s1. The van der Waals surface area contributed by atoms with Crippen LogP contribution in [0.5, 0.6) is 5.75 Å². The maximum absolute atomic E-state index is 13.2. The summed E-state index contributed by atoms with van der Waals surface area (Å²) in [6.07, 6.45) is 0.866. The number of aliphatic hydroxyl groups excluding tert-OH is 2. The molecule has 1 saturated carbocycles. The lowest BCUT2D eigenvalue weighted by Gasteiger charge is -2.20. The van der Waals surface area contributed by atoms with Gasteiger partial charge in [0, 0.05) is 11.6 Å². The molecular formula is C13H17FO3. The molecule has 0 spiro atoms. The van der Waals surface area contributed by atoms with E-state index in [1.807, 2.05) is 0 Å². The van der Waals surface area contributed by atoms with Crippen molar-refractivity contribution in [1.82, 2.24) is 0 Å². The van der Waals surface area contributed by atoms with Crippen LogP contribution in [0.4, 0.5) is 4.39 Å². The molecule has 1 fully saturated rings. The van der Waals surface area contributed by atoms with E-state index < -0.39 is 18.0 Å². The molecule has 1 aromatic carbocycles. The van der Waals surface area contributed by atoms with E-state index in [9.17, 15) is 14.6 Å². The van der Waals surface area contributed by atoms with E-state index in [0.717, 1.165) is 12.8 Å². The first kappa shape index (κ1) is 12.3. The zero-order valence-electron chi connectivity index (χ0n) is 9.77. The van der Waals surface area contributed by atoms with E-state index in [1.54, 1.807) is 6.92 Å². The molecule has 3 atom stereocenters. The summed E-state index contributed by atoms with van der Waals surface area (Å²) in [5.74, 6) is -0.0807. The molecule has 0 amide bonds. The molecule has 0 aromatic heterocycles. The average Bonchev–Trinajstić information content (AvgIpc) is 2.64. The topological polar surface area (TPSA) is 49.7 Å². The summed E-state index contributed by atoms with van der Waals surface area (Å²) in [6, 6.07) is 4.06. The van der Waals surface area contributed by atoms with Crippen LogP contribution in [-0.2, 0) is 0 Å². The number of hydrogen-bond donors (Lipinski definition) is 2. The van der Waals surface area contributed by atoms with E-state index in [2.05, 4.69) is 0 Å². The van der Waals surface area contributed by atoms with Crippen molar-refractivity contribution in [3.05, 3.63) is 29.6 Å². The Labute approximate surface area is 99.8 Å². The summed E-state index contributed by atoms with van der Waals surface area (Å²) in [6.45, 7) is 1.60. The van der Waals surface area contributed by atoms with Gasteiger partial charge in [-0.2, -0.15) is 0 Å². The quantitative estimate of drug-likeness (QED) is 0.851. The van der Waals surface area contributed by atoms with Gasteiger partial charge in [-0.3, -0.25) is 0 Å². The summed E-state index contributed by atoms with van der Waals surface area (Å²) in [5, 5.41) is 19.2. The smallest absolute Gasteiger partial charge is 0.128 e. The summed E-state index contributed by atoms with van der Waals surface area (Å²) in [7, 11) is 0. The predicted octanol–water partition coefficient (Wildman–Crippen LogP) is 2.17. The van der Waals surface area contributed by atoms with Crippen molar-refractivity contribution in [2.45, 2.75) is 44.5 Å². The van der Waals surface area contributed by atoms with Crippen LogP contribution in [0.25, 0.3) is 0 Å². The molecule has 94 valence electrons. The second-order valence-corrected chi connectivity index (χ2v) is 4.51. The third-order valence-corrected chi connectivity index (χ3v) is 3.12. The molecule has 2 rings (SSSR count). The van der Waals surface area contributed by atoms with Gasteiger partial charge in [-0.25, -0.2) is 4.39 Å². The van der Waals surface area contributed by atoms with Gasteiger partial charge >= 0.3 is 0 Å². The van der Waals surface area contributed by atoms with Gasteiger partial charge in [0.15, 0.2) is 0 Å². The van der Waals surface area contributed by atoms with Crippen molar-refractivity contribution in [2.24, 2.45) is 0 Å². The molecule has 17 heavy (non-hydrogen) atoms. The first-order chi connectivity index (χ1) is 8.08. The fourth-order valence-electron chi connectivity index (χ4n) is 2.16. The van der Waals surface area contributed by atoms with Crippen molar-refractivity contribution < 1.29 is 19.3 Å². The number of aliphatic hydroxyl groups is 2. The monoisotopic (exact) mass is 240 g/mol. The highest BCUT2D eigenvalue weighted by atomic mass is 19.1. The van der Waals surface area contributed by atoms with Crippen molar-refractivity contribution in [2.75, 3.05) is 0 Å². The van der Waals surface area contributed by atoms with Gasteiger partial charge in [-0.05, 0) is 38.3 Å². The number of rotatable bonds is 3. The Balaban J connectivity index is 2.21. The average molecular weight is 240 g/mol. The van der Waals surface area contributed by atoms with Gasteiger partial charge in [0.1, 0.15) is 17.7 Å². The second kappa shape index (κ2) is 5.02. The lowest BCUT2D eigenvalue weighted by atomic mass is 10.1. The fourth-order valence-corrected chi connectivity index (χ4v) is 2.16.